The average Bonchev–Trinajstić information content (AvgIpc) is 0.722. The van der Waals surface area contributed by atoms with Gasteiger partial charge in [-0.25, -0.2) is 0 Å². The van der Waals surface area contributed by atoms with Gasteiger partial charge in [0.1, 0.15) is 0 Å². The van der Waals surface area contributed by atoms with E-state index in [1.807, 2.05) is 0 Å². The summed E-state index contributed by atoms with van der Waals surface area (Å²) in [4.78, 5) is 25.6. The first-order valence-corrected chi connectivity index (χ1v) is 2.19. The van der Waals surface area contributed by atoms with Crippen molar-refractivity contribution < 1.29 is 19.2 Å². The van der Waals surface area contributed by atoms with E-state index in [0.717, 1.165) is 0 Å². The van der Waals surface area contributed by atoms with Crippen LogP contribution in [-0.4, -0.2) is 50.6 Å². The topological polar surface area (TPSA) is 86.2 Å². The molecular weight excluding hydrogens is 426 g/mol. The van der Waals surface area contributed by atoms with Crippen LogP contribution in [0, 0.1) is 0 Å². The van der Waals surface area contributed by atoms with Crippen LogP contribution in [0.1, 0.15) is 0 Å². The molecule has 0 fully saturated rings. The quantitative estimate of drug-likeness (QED) is 0.288. The van der Waals surface area contributed by atoms with Crippen molar-refractivity contribution in [3.63, 3.8) is 0 Å². The SMILES string of the molecule is O=P([O-])([O-])[O-].[Bi+3].[SbH3]. The number of hydrogen-bond acceptors (Lipinski definition) is 4. The van der Waals surface area contributed by atoms with Crippen molar-refractivity contribution in [1.82, 2.24) is 0 Å². The van der Waals surface area contributed by atoms with E-state index in [-0.39, 0.29) is 50.6 Å². The summed E-state index contributed by atoms with van der Waals surface area (Å²) in [6.45, 7) is 0. The molecule has 2 radical (unpaired) electrons. The molecule has 0 spiro atoms. The maximum atomic E-state index is 8.55. The summed E-state index contributed by atoms with van der Waals surface area (Å²) < 4.78 is 8.55. The van der Waals surface area contributed by atoms with Crippen LogP contribution in [0.2, 0.25) is 0 Å². The van der Waals surface area contributed by atoms with Gasteiger partial charge in [0.2, 0.25) is 0 Å². The van der Waals surface area contributed by atoms with Gasteiger partial charge in [-0.1, -0.05) is 0 Å². The van der Waals surface area contributed by atoms with Crippen LogP contribution in [0.15, 0.2) is 0 Å². The van der Waals surface area contributed by atoms with Gasteiger partial charge in [0.05, 0.1) is 0 Å². The number of hydrogen-bond donors (Lipinski definition) is 0. The molecule has 0 heterocycles. The Hall–Kier alpha value is 1.81. The van der Waals surface area contributed by atoms with E-state index in [1.165, 1.54) is 0 Å². The first-order chi connectivity index (χ1) is 2.00. The molecule has 4 nitrogen and oxygen atoms in total. The van der Waals surface area contributed by atoms with Crippen LogP contribution in [-0.2, 0) is 4.57 Å². The molecule has 0 aliphatic carbocycles. The van der Waals surface area contributed by atoms with E-state index in [9.17, 15) is 0 Å². The van der Waals surface area contributed by atoms with E-state index in [4.69, 9.17) is 19.2 Å². The van der Waals surface area contributed by atoms with Crippen molar-refractivity contribution in [2.45, 2.75) is 0 Å². The predicted octanol–water partition coefficient (Wildman–Crippen LogP) is -4.39. The molecule has 0 saturated heterocycles. The molecule has 0 aliphatic heterocycles. The molecule has 0 aromatic rings. The van der Waals surface area contributed by atoms with Crippen molar-refractivity contribution in [3.05, 3.63) is 0 Å². The zero-order chi connectivity index (χ0) is 4.50. The van der Waals surface area contributed by atoms with Crippen LogP contribution in [0.4, 0.5) is 0 Å². The van der Waals surface area contributed by atoms with Crippen LogP contribution in [0.25, 0.3) is 0 Å². The standard InChI is InChI=1S/Bi.H3O4P.Sb.3H/c;1-5(2,3)4;;;;/h;(H3,1,2,3,4);;;;/q+3;;;;;/p-3. The monoisotopic (exact) mass is 428 g/mol. The summed E-state index contributed by atoms with van der Waals surface area (Å²) in [7, 11) is -5.39. The van der Waals surface area contributed by atoms with E-state index in [0.29, 0.717) is 0 Å². The molecule has 0 aromatic heterocycles. The second kappa shape index (κ2) is 5.94. The van der Waals surface area contributed by atoms with Gasteiger partial charge in [-0.2, -0.15) is 7.82 Å². The van der Waals surface area contributed by atoms with E-state index in [1.54, 1.807) is 0 Å². The predicted molar refractivity (Wildman–Crippen MR) is 23.3 cm³/mol. The third-order valence-electron chi connectivity index (χ3n) is 0. The Labute approximate surface area is 77.1 Å². The molecule has 0 rings (SSSR count). The summed E-state index contributed by atoms with van der Waals surface area (Å²) in [6.07, 6.45) is 0. The fourth-order valence-corrected chi connectivity index (χ4v) is 0. The molecule has 0 N–H and O–H groups in total. The Bertz CT molecular complexity index is 57.8. The summed E-state index contributed by atoms with van der Waals surface area (Å²) in [5.74, 6) is 0. The Morgan fingerprint density at radius 1 is 1.14 bits per heavy atom. The summed E-state index contributed by atoms with van der Waals surface area (Å²) in [5.41, 5.74) is 0. The van der Waals surface area contributed by atoms with Gasteiger partial charge < -0.3 is 19.2 Å². The zero-order valence-electron chi connectivity index (χ0n) is 3.23. The Kier molecular flexibility index (Phi) is 13.5. The van der Waals surface area contributed by atoms with Crippen LogP contribution >= 0.6 is 7.82 Å². The first-order valence-electron chi connectivity index (χ1n) is 0.730. The minimum atomic E-state index is -5.39. The van der Waals surface area contributed by atoms with Crippen molar-refractivity contribution in [3.8, 4) is 0 Å². The van der Waals surface area contributed by atoms with E-state index >= 15 is 0 Å². The molecule has 0 aliphatic rings. The third-order valence-corrected chi connectivity index (χ3v) is 0. The summed E-state index contributed by atoms with van der Waals surface area (Å²) >= 11 is 0. The van der Waals surface area contributed by atoms with Crippen LogP contribution in [0.5, 0.6) is 0 Å². The molecule has 7 heteroatoms. The van der Waals surface area contributed by atoms with Crippen molar-refractivity contribution in [1.29, 1.82) is 0 Å². The molecule has 0 unspecified atom stereocenters. The summed E-state index contributed by atoms with van der Waals surface area (Å²) in [5, 5.41) is 0. The Morgan fingerprint density at radius 2 is 1.14 bits per heavy atom. The van der Waals surface area contributed by atoms with Gasteiger partial charge in [0, 0.05) is 0 Å². The fraction of sp³-hybridized carbons (Fsp3) is 0. The average molecular weight is 429 g/mol. The van der Waals surface area contributed by atoms with E-state index < -0.39 is 7.82 Å². The normalized spacial score (nSPS) is 8.43. The zero-order valence-corrected chi connectivity index (χ0v) is 11.6. The van der Waals surface area contributed by atoms with E-state index in [2.05, 4.69) is 0 Å². The Morgan fingerprint density at radius 3 is 1.14 bits per heavy atom. The molecule has 0 aromatic carbocycles. The first kappa shape index (κ1) is 15.9. The van der Waals surface area contributed by atoms with Gasteiger partial charge in [0.15, 0.2) is 0 Å². The third kappa shape index (κ3) is 80.4. The van der Waals surface area contributed by atoms with Crippen LogP contribution in [0.3, 0.4) is 0 Å². The van der Waals surface area contributed by atoms with Crippen LogP contribution < -0.4 is 14.7 Å². The molecule has 0 bridgehead atoms. The molecule has 0 atom stereocenters. The van der Waals surface area contributed by atoms with Gasteiger partial charge in [-0.15, -0.1) is 0 Å². The van der Waals surface area contributed by atoms with Gasteiger partial charge in [0.25, 0.3) is 0 Å². The van der Waals surface area contributed by atoms with Gasteiger partial charge >= 0.3 is 50.6 Å². The van der Waals surface area contributed by atoms with Crippen molar-refractivity contribution in [2.75, 3.05) is 0 Å². The molecule has 0 saturated carbocycles. The molecule has 0 amide bonds. The number of phosphoric acid groups is 1. The number of rotatable bonds is 0. The van der Waals surface area contributed by atoms with Crippen molar-refractivity contribution in [2.24, 2.45) is 0 Å². The van der Waals surface area contributed by atoms with Crippen molar-refractivity contribution >= 4 is 58.5 Å². The Balaban J connectivity index is -0.0000000800. The fourth-order valence-electron chi connectivity index (χ4n) is 0. The summed E-state index contributed by atoms with van der Waals surface area (Å²) in [6, 6.07) is 0. The second-order valence-corrected chi connectivity index (χ2v) is 1.34. The molecular formula is H3BiO4PSb. The molecule has 42 valence electrons. The van der Waals surface area contributed by atoms with Gasteiger partial charge in [-0.05, 0) is 0 Å². The van der Waals surface area contributed by atoms with Gasteiger partial charge in [-0.3, -0.25) is 0 Å². The molecule has 7 heavy (non-hydrogen) atoms. The second-order valence-electron chi connectivity index (χ2n) is 0.447. The maximum absolute atomic E-state index is 8.55. The minimum absolute atomic E-state index is 0.